The summed E-state index contributed by atoms with van der Waals surface area (Å²) < 4.78 is 29.2. The van der Waals surface area contributed by atoms with Crippen molar-refractivity contribution >= 4 is 21.4 Å². The molecule has 0 bridgehead atoms. The van der Waals surface area contributed by atoms with Crippen molar-refractivity contribution in [3.05, 3.63) is 66.2 Å². The molecule has 4 aromatic rings. The Labute approximate surface area is 196 Å². The van der Waals surface area contributed by atoms with Gasteiger partial charge in [-0.2, -0.15) is 5.10 Å². The van der Waals surface area contributed by atoms with Crippen molar-refractivity contribution in [1.29, 1.82) is 0 Å². The molecule has 2 N–H and O–H groups in total. The zero-order chi connectivity index (χ0) is 23.4. The molecule has 9 nitrogen and oxygen atoms in total. The number of amides is 1. The number of aromatic nitrogens is 4. The summed E-state index contributed by atoms with van der Waals surface area (Å²) in [6.07, 6.45) is 8.96. The summed E-state index contributed by atoms with van der Waals surface area (Å²) in [5.74, 6) is 0.568. The average Bonchev–Trinajstić information content (AvgIpc) is 3.29. The van der Waals surface area contributed by atoms with E-state index in [1.807, 2.05) is 31.3 Å². The number of aryl methyl sites for hydroxylation is 1. The van der Waals surface area contributed by atoms with Crippen LogP contribution in [-0.4, -0.2) is 57.9 Å². The van der Waals surface area contributed by atoms with Gasteiger partial charge in [0.2, 0.25) is 0 Å². The van der Waals surface area contributed by atoms with E-state index >= 15 is 0 Å². The predicted molar refractivity (Wildman–Crippen MR) is 127 cm³/mol. The Hall–Kier alpha value is -3.50. The third-order valence-corrected chi connectivity index (χ3v) is 8.62. The van der Waals surface area contributed by atoms with Crippen molar-refractivity contribution in [3.63, 3.8) is 0 Å². The van der Waals surface area contributed by atoms with Crippen molar-refractivity contribution in [2.75, 3.05) is 13.1 Å². The molecule has 174 valence electrons. The van der Waals surface area contributed by atoms with Gasteiger partial charge in [0.1, 0.15) is 5.65 Å². The van der Waals surface area contributed by atoms with Gasteiger partial charge in [0.15, 0.2) is 15.7 Å². The van der Waals surface area contributed by atoms with Crippen LogP contribution < -0.4 is 10.6 Å². The lowest BCUT2D eigenvalue weighted by Gasteiger charge is -2.26. The van der Waals surface area contributed by atoms with Gasteiger partial charge < -0.3 is 10.6 Å². The second-order valence-electron chi connectivity index (χ2n) is 8.99. The van der Waals surface area contributed by atoms with Crippen LogP contribution in [0.15, 0.2) is 60.0 Å². The van der Waals surface area contributed by atoms with Crippen LogP contribution >= 0.6 is 0 Å². The van der Waals surface area contributed by atoms with E-state index < -0.39 is 15.1 Å². The fourth-order valence-corrected chi connectivity index (χ4v) is 5.69. The van der Waals surface area contributed by atoms with E-state index in [4.69, 9.17) is 0 Å². The van der Waals surface area contributed by atoms with Crippen LogP contribution in [0.25, 0.3) is 22.6 Å². The smallest absolute Gasteiger partial charge is 0.251 e. The number of imidazole rings is 1. The Morgan fingerprint density at radius 2 is 1.94 bits per heavy atom. The van der Waals surface area contributed by atoms with E-state index in [-0.39, 0.29) is 10.8 Å². The molecule has 2 fully saturated rings. The number of nitrogens with zero attached hydrogens (tertiary/aromatic N) is 4. The minimum Gasteiger partial charge on any atom is -0.349 e. The molecule has 1 saturated heterocycles. The van der Waals surface area contributed by atoms with Gasteiger partial charge >= 0.3 is 0 Å². The molecule has 0 spiro atoms. The highest BCUT2D eigenvalue weighted by molar-refractivity contribution is 7.92. The van der Waals surface area contributed by atoms with Crippen molar-refractivity contribution in [2.24, 2.45) is 0 Å². The number of sulfone groups is 1. The lowest BCUT2D eigenvalue weighted by molar-refractivity contribution is 0.0951. The van der Waals surface area contributed by atoms with Crippen LogP contribution in [0.4, 0.5) is 0 Å². The van der Waals surface area contributed by atoms with Gasteiger partial charge in [0.25, 0.3) is 5.91 Å². The SMILES string of the molecule is Cc1ccc(C(=O)NC2CC2)cc1-c1cnn(-c2cnc3ccc(S(=O)(=O)C4CNC4)cn23)c1. The standard InChI is InChI=1S/C24H24N6O3S/c1-15-2-3-16(24(31)28-18-4-5-18)8-21(15)17-9-27-30(13-17)23-12-26-22-7-6-19(14-29(22)23)34(32,33)20-10-25-11-20/h2-3,6-9,12-14,18,20,25H,4-5,10-11H2,1H3,(H,28,31). The molecule has 0 radical (unpaired) electrons. The van der Waals surface area contributed by atoms with E-state index in [0.717, 1.165) is 29.5 Å². The van der Waals surface area contributed by atoms with Crippen molar-refractivity contribution in [2.45, 2.75) is 36.0 Å². The molecule has 1 aliphatic carbocycles. The van der Waals surface area contributed by atoms with Gasteiger partial charge in [0.05, 0.1) is 22.5 Å². The van der Waals surface area contributed by atoms with E-state index in [1.165, 1.54) is 0 Å². The number of hydrogen-bond donors (Lipinski definition) is 2. The first-order valence-corrected chi connectivity index (χ1v) is 12.8. The Bertz CT molecular complexity index is 1530. The highest BCUT2D eigenvalue weighted by atomic mass is 32.2. The van der Waals surface area contributed by atoms with Gasteiger partial charge in [-0.3, -0.25) is 9.20 Å². The summed E-state index contributed by atoms with van der Waals surface area (Å²) >= 11 is 0. The zero-order valence-corrected chi connectivity index (χ0v) is 19.4. The minimum atomic E-state index is -3.41. The van der Waals surface area contributed by atoms with E-state index in [2.05, 4.69) is 20.7 Å². The van der Waals surface area contributed by atoms with Crippen molar-refractivity contribution in [3.8, 4) is 16.9 Å². The number of fused-ring (bicyclic) bond motifs is 1. The first kappa shape index (κ1) is 21.1. The quantitative estimate of drug-likeness (QED) is 0.441. The Balaban J connectivity index is 1.35. The number of rotatable bonds is 6. The fraction of sp³-hybridized carbons (Fsp3) is 0.292. The highest BCUT2D eigenvalue weighted by Crippen LogP contribution is 2.27. The molecule has 2 aliphatic rings. The monoisotopic (exact) mass is 476 g/mol. The zero-order valence-electron chi connectivity index (χ0n) is 18.6. The number of carbonyl (C=O) groups is 1. The molecule has 1 amide bonds. The number of pyridine rings is 1. The number of nitrogens with one attached hydrogen (secondary N) is 2. The van der Waals surface area contributed by atoms with Gasteiger partial charge in [-0.15, -0.1) is 0 Å². The number of benzene rings is 1. The summed E-state index contributed by atoms with van der Waals surface area (Å²) in [5, 5.41) is 10.1. The van der Waals surface area contributed by atoms with Crippen LogP contribution in [-0.2, 0) is 9.84 Å². The summed E-state index contributed by atoms with van der Waals surface area (Å²) in [7, 11) is -3.41. The summed E-state index contributed by atoms with van der Waals surface area (Å²) in [4.78, 5) is 17.2. The van der Waals surface area contributed by atoms with Gasteiger partial charge in [0, 0.05) is 42.7 Å². The molecule has 3 aromatic heterocycles. The lowest BCUT2D eigenvalue weighted by atomic mass is 10.0. The van der Waals surface area contributed by atoms with Crippen LogP contribution in [0.3, 0.4) is 0 Å². The first-order chi connectivity index (χ1) is 16.4. The fourth-order valence-electron chi connectivity index (χ4n) is 4.12. The molecule has 1 saturated carbocycles. The summed E-state index contributed by atoms with van der Waals surface area (Å²) in [6, 6.07) is 9.28. The molecular formula is C24H24N6O3S. The first-order valence-electron chi connectivity index (χ1n) is 11.3. The largest absolute Gasteiger partial charge is 0.349 e. The molecule has 4 heterocycles. The summed E-state index contributed by atoms with van der Waals surface area (Å²) in [6.45, 7) is 2.93. The normalized spacial score (nSPS) is 16.5. The highest BCUT2D eigenvalue weighted by Gasteiger charge is 2.33. The molecule has 0 atom stereocenters. The van der Waals surface area contributed by atoms with Crippen molar-refractivity contribution in [1.82, 2.24) is 29.8 Å². The molecule has 0 unspecified atom stereocenters. The van der Waals surface area contributed by atoms with Crippen LogP contribution in [0.2, 0.25) is 0 Å². The molecule has 10 heteroatoms. The minimum absolute atomic E-state index is 0.0617. The van der Waals surface area contributed by atoms with Gasteiger partial charge in [-0.25, -0.2) is 18.1 Å². The molecule has 34 heavy (non-hydrogen) atoms. The third-order valence-electron chi connectivity index (χ3n) is 6.51. The van der Waals surface area contributed by atoms with Gasteiger partial charge in [-0.05, 0) is 55.2 Å². The average molecular weight is 477 g/mol. The maximum absolute atomic E-state index is 12.9. The second kappa shape index (κ2) is 7.78. The molecule has 6 rings (SSSR count). The van der Waals surface area contributed by atoms with E-state index in [9.17, 15) is 13.2 Å². The van der Waals surface area contributed by atoms with E-state index in [1.54, 1.807) is 39.8 Å². The number of hydrogen-bond acceptors (Lipinski definition) is 6. The maximum Gasteiger partial charge on any atom is 0.251 e. The predicted octanol–water partition coefficient (Wildman–Crippen LogP) is 2.13. The van der Waals surface area contributed by atoms with Crippen LogP contribution in [0.5, 0.6) is 0 Å². The lowest BCUT2D eigenvalue weighted by Crippen LogP contribution is -2.51. The van der Waals surface area contributed by atoms with E-state index in [0.29, 0.717) is 36.2 Å². The van der Waals surface area contributed by atoms with Gasteiger partial charge in [-0.1, -0.05) is 6.07 Å². The molecule has 1 aliphatic heterocycles. The maximum atomic E-state index is 12.9. The topological polar surface area (TPSA) is 110 Å². The number of carbonyl (C=O) groups excluding carboxylic acids is 1. The summed E-state index contributed by atoms with van der Waals surface area (Å²) in [5.41, 5.74) is 4.06. The molecular weight excluding hydrogens is 452 g/mol. The Morgan fingerprint density at radius 3 is 2.68 bits per heavy atom. The molecule has 1 aromatic carbocycles. The third kappa shape index (κ3) is 3.59. The van der Waals surface area contributed by atoms with Crippen molar-refractivity contribution < 1.29 is 13.2 Å². The second-order valence-corrected chi connectivity index (χ2v) is 11.2. The Morgan fingerprint density at radius 1 is 1.12 bits per heavy atom. The van der Waals surface area contributed by atoms with Crippen LogP contribution in [0.1, 0.15) is 28.8 Å². The van der Waals surface area contributed by atoms with Crippen LogP contribution in [0, 0.1) is 6.92 Å². The Kier molecular flexibility index (Phi) is 4.82.